The van der Waals surface area contributed by atoms with E-state index in [4.69, 9.17) is 23.2 Å². The third-order valence-corrected chi connectivity index (χ3v) is 5.05. The minimum atomic E-state index is 0. The van der Waals surface area contributed by atoms with E-state index in [1.807, 2.05) is 18.3 Å². The summed E-state index contributed by atoms with van der Waals surface area (Å²) < 4.78 is 1.16. The molecular formula is C16H18Cl4IN3. The lowest BCUT2D eigenvalue weighted by Crippen LogP contribution is -2.32. The second kappa shape index (κ2) is 10.2. The quantitative estimate of drug-likeness (QED) is 0.561. The van der Waals surface area contributed by atoms with E-state index in [1.165, 1.54) is 0 Å². The van der Waals surface area contributed by atoms with Crippen molar-refractivity contribution in [1.29, 1.82) is 0 Å². The van der Waals surface area contributed by atoms with Gasteiger partial charge in [-0.25, -0.2) is 4.98 Å². The van der Waals surface area contributed by atoms with E-state index in [-0.39, 0.29) is 24.8 Å². The van der Waals surface area contributed by atoms with Crippen molar-refractivity contribution in [2.45, 2.75) is 19.0 Å². The van der Waals surface area contributed by atoms with Gasteiger partial charge in [0.2, 0.25) is 0 Å². The number of pyridine rings is 1. The van der Waals surface area contributed by atoms with E-state index in [1.54, 1.807) is 6.07 Å². The SMILES string of the molecule is Cl.Cl.Clc1ccc(CNC2CCN(c3ccc(I)cn3)C2)c(Cl)c1. The molecule has 24 heavy (non-hydrogen) atoms. The summed E-state index contributed by atoms with van der Waals surface area (Å²) in [5, 5.41) is 4.96. The maximum atomic E-state index is 6.21. The van der Waals surface area contributed by atoms with Crippen LogP contribution in [0.3, 0.4) is 0 Å². The fourth-order valence-corrected chi connectivity index (χ4v) is 3.40. The molecule has 1 aliphatic rings. The molecule has 3 nitrogen and oxygen atoms in total. The van der Waals surface area contributed by atoms with Crippen LogP contribution in [0, 0.1) is 3.57 Å². The fraction of sp³-hybridized carbons (Fsp3) is 0.312. The fourth-order valence-electron chi connectivity index (χ4n) is 2.61. The monoisotopic (exact) mass is 519 g/mol. The van der Waals surface area contributed by atoms with Crippen molar-refractivity contribution >= 4 is 76.4 Å². The number of rotatable bonds is 4. The average molecular weight is 521 g/mol. The van der Waals surface area contributed by atoms with Crippen molar-refractivity contribution < 1.29 is 0 Å². The molecule has 0 aliphatic carbocycles. The zero-order valence-electron chi connectivity index (χ0n) is 12.7. The Labute approximate surface area is 178 Å². The van der Waals surface area contributed by atoms with Crippen molar-refractivity contribution in [3.05, 3.63) is 55.7 Å². The van der Waals surface area contributed by atoms with Gasteiger partial charge in [-0.15, -0.1) is 24.8 Å². The highest BCUT2D eigenvalue weighted by atomic mass is 127. The molecule has 1 aromatic heterocycles. The van der Waals surface area contributed by atoms with Gasteiger partial charge in [-0.2, -0.15) is 0 Å². The van der Waals surface area contributed by atoms with E-state index in [0.717, 1.165) is 41.0 Å². The second-order valence-electron chi connectivity index (χ2n) is 5.38. The van der Waals surface area contributed by atoms with Crippen LogP contribution in [-0.4, -0.2) is 24.1 Å². The van der Waals surface area contributed by atoms with Gasteiger partial charge in [0.15, 0.2) is 0 Å². The second-order valence-corrected chi connectivity index (χ2v) is 7.47. The van der Waals surface area contributed by atoms with Gasteiger partial charge < -0.3 is 10.2 Å². The van der Waals surface area contributed by atoms with Crippen molar-refractivity contribution in [2.24, 2.45) is 0 Å². The van der Waals surface area contributed by atoms with Crippen LogP contribution in [-0.2, 0) is 6.54 Å². The lowest BCUT2D eigenvalue weighted by molar-refractivity contribution is 0.551. The molecule has 1 aromatic carbocycles. The van der Waals surface area contributed by atoms with Gasteiger partial charge in [0.05, 0.1) is 0 Å². The summed E-state index contributed by atoms with van der Waals surface area (Å²) in [6.45, 7) is 2.76. The van der Waals surface area contributed by atoms with Crippen molar-refractivity contribution in [3.63, 3.8) is 0 Å². The van der Waals surface area contributed by atoms with Crippen LogP contribution < -0.4 is 10.2 Å². The Morgan fingerprint density at radius 2 is 2.00 bits per heavy atom. The molecule has 0 radical (unpaired) electrons. The summed E-state index contributed by atoms with van der Waals surface area (Å²) in [5.41, 5.74) is 1.08. The number of hydrogen-bond donors (Lipinski definition) is 1. The van der Waals surface area contributed by atoms with Gasteiger partial charge in [-0.05, 0) is 58.8 Å². The molecule has 1 N–H and O–H groups in total. The molecule has 0 bridgehead atoms. The highest BCUT2D eigenvalue weighted by Gasteiger charge is 2.23. The normalized spacial score (nSPS) is 16.5. The summed E-state index contributed by atoms with van der Waals surface area (Å²) >= 11 is 14.4. The molecule has 1 saturated heterocycles. The molecule has 1 aliphatic heterocycles. The third-order valence-electron chi connectivity index (χ3n) is 3.82. The first-order chi connectivity index (χ1) is 10.6. The van der Waals surface area contributed by atoms with Gasteiger partial charge in [-0.1, -0.05) is 29.3 Å². The highest BCUT2D eigenvalue weighted by molar-refractivity contribution is 14.1. The predicted octanol–water partition coefficient (Wildman–Crippen LogP) is 5.21. The summed E-state index contributed by atoms with van der Waals surface area (Å²) in [7, 11) is 0. The topological polar surface area (TPSA) is 28.2 Å². The Balaban J connectivity index is 0.00000144. The lowest BCUT2D eigenvalue weighted by Gasteiger charge is -2.18. The number of anilines is 1. The first-order valence-corrected chi connectivity index (χ1v) is 8.99. The van der Waals surface area contributed by atoms with Crippen LogP contribution in [0.2, 0.25) is 10.0 Å². The molecule has 1 atom stereocenters. The Morgan fingerprint density at radius 3 is 2.67 bits per heavy atom. The van der Waals surface area contributed by atoms with Crippen LogP contribution in [0.25, 0.3) is 0 Å². The number of benzene rings is 1. The van der Waals surface area contributed by atoms with Gasteiger partial charge in [0.25, 0.3) is 0 Å². The number of halogens is 5. The number of nitrogens with one attached hydrogen (secondary N) is 1. The van der Waals surface area contributed by atoms with E-state index < -0.39 is 0 Å². The van der Waals surface area contributed by atoms with Crippen molar-refractivity contribution in [1.82, 2.24) is 10.3 Å². The minimum Gasteiger partial charge on any atom is -0.355 e. The molecule has 0 amide bonds. The van der Waals surface area contributed by atoms with Crippen LogP contribution in [0.15, 0.2) is 36.5 Å². The van der Waals surface area contributed by atoms with Gasteiger partial charge in [0.1, 0.15) is 5.82 Å². The van der Waals surface area contributed by atoms with Crippen LogP contribution in [0.5, 0.6) is 0 Å². The van der Waals surface area contributed by atoms with E-state index in [0.29, 0.717) is 16.1 Å². The van der Waals surface area contributed by atoms with E-state index in [9.17, 15) is 0 Å². The summed E-state index contributed by atoms with van der Waals surface area (Å²) in [5.74, 6) is 1.05. The number of hydrogen-bond acceptors (Lipinski definition) is 3. The Hall–Kier alpha value is 0.0200. The van der Waals surface area contributed by atoms with Crippen molar-refractivity contribution in [3.8, 4) is 0 Å². The first-order valence-electron chi connectivity index (χ1n) is 7.15. The smallest absolute Gasteiger partial charge is 0.128 e. The molecule has 2 heterocycles. The average Bonchev–Trinajstić information content (AvgIpc) is 2.96. The Bertz CT molecular complexity index is 654. The van der Waals surface area contributed by atoms with E-state index in [2.05, 4.69) is 49.9 Å². The predicted molar refractivity (Wildman–Crippen MR) is 115 cm³/mol. The summed E-state index contributed by atoms with van der Waals surface area (Å²) in [4.78, 5) is 6.81. The third kappa shape index (κ3) is 5.78. The van der Waals surface area contributed by atoms with E-state index >= 15 is 0 Å². The standard InChI is InChI=1S/C16H16Cl2IN3.2ClH/c17-12-2-1-11(15(18)7-12)8-20-14-5-6-22(10-14)16-4-3-13(19)9-21-16;;/h1-4,7,9,14,20H,5-6,8,10H2;2*1H. The lowest BCUT2D eigenvalue weighted by atomic mass is 10.2. The Morgan fingerprint density at radius 1 is 1.21 bits per heavy atom. The molecule has 8 heteroatoms. The van der Waals surface area contributed by atoms with Gasteiger partial charge in [0, 0.05) is 45.5 Å². The molecule has 1 unspecified atom stereocenters. The van der Waals surface area contributed by atoms with Gasteiger partial charge >= 0.3 is 0 Å². The molecule has 1 fully saturated rings. The van der Waals surface area contributed by atoms with Crippen molar-refractivity contribution in [2.75, 3.05) is 18.0 Å². The molecule has 3 rings (SSSR count). The minimum absolute atomic E-state index is 0. The molecule has 0 spiro atoms. The largest absolute Gasteiger partial charge is 0.355 e. The van der Waals surface area contributed by atoms with Crippen LogP contribution in [0.1, 0.15) is 12.0 Å². The van der Waals surface area contributed by atoms with Gasteiger partial charge in [-0.3, -0.25) is 0 Å². The zero-order valence-corrected chi connectivity index (χ0v) is 18.0. The molecule has 0 saturated carbocycles. The summed E-state index contributed by atoms with van der Waals surface area (Å²) in [6, 6.07) is 10.3. The van der Waals surface area contributed by atoms with Crippen LogP contribution >= 0.6 is 70.6 Å². The summed E-state index contributed by atoms with van der Waals surface area (Å²) in [6.07, 6.45) is 3.02. The zero-order chi connectivity index (χ0) is 15.5. The highest BCUT2D eigenvalue weighted by Crippen LogP contribution is 2.22. The van der Waals surface area contributed by atoms with Crippen LogP contribution in [0.4, 0.5) is 5.82 Å². The molecule has 132 valence electrons. The molecular weight excluding hydrogens is 503 g/mol. The number of aromatic nitrogens is 1. The number of nitrogens with zero attached hydrogens (tertiary/aromatic N) is 2. The maximum Gasteiger partial charge on any atom is 0.128 e. The Kier molecular flexibility index (Phi) is 9.41. The first kappa shape index (κ1) is 22.1. The maximum absolute atomic E-state index is 6.21. The molecule has 2 aromatic rings.